The fourth-order valence-electron chi connectivity index (χ4n) is 3.63. The SMILES string of the molecule is COc1cc(NC(=O)/C=C/c2cccc3ccccc23)ccc1N1CCCC1=O. The highest BCUT2D eigenvalue weighted by molar-refractivity contribution is 6.04. The number of hydrogen-bond acceptors (Lipinski definition) is 3. The predicted molar refractivity (Wildman–Crippen MR) is 116 cm³/mol. The summed E-state index contributed by atoms with van der Waals surface area (Å²) in [6.07, 6.45) is 4.73. The first kappa shape index (κ1) is 18.7. The van der Waals surface area contributed by atoms with Crippen molar-refractivity contribution in [2.75, 3.05) is 23.9 Å². The second-order valence-electron chi connectivity index (χ2n) is 6.93. The van der Waals surface area contributed by atoms with Gasteiger partial charge in [0.25, 0.3) is 0 Å². The fraction of sp³-hybridized carbons (Fsp3) is 0.167. The molecule has 0 radical (unpaired) electrons. The van der Waals surface area contributed by atoms with Gasteiger partial charge in [-0.15, -0.1) is 0 Å². The Morgan fingerprint density at radius 1 is 1.10 bits per heavy atom. The zero-order valence-corrected chi connectivity index (χ0v) is 16.2. The summed E-state index contributed by atoms with van der Waals surface area (Å²) >= 11 is 0. The number of fused-ring (bicyclic) bond motifs is 1. The van der Waals surface area contributed by atoms with Gasteiger partial charge in [0.2, 0.25) is 11.8 Å². The molecule has 0 spiro atoms. The second kappa shape index (κ2) is 8.19. The van der Waals surface area contributed by atoms with Gasteiger partial charge in [-0.25, -0.2) is 0 Å². The lowest BCUT2D eigenvalue weighted by Gasteiger charge is -2.19. The number of nitrogens with zero attached hydrogens (tertiary/aromatic N) is 1. The molecule has 3 aromatic carbocycles. The second-order valence-corrected chi connectivity index (χ2v) is 6.93. The minimum Gasteiger partial charge on any atom is -0.494 e. The van der Waals surface area contributed by atoms with E-state index in [9.17, 15) is 9.59 Å². The van der Waals surface area contributed by atoms with Crippen LogP contribution < -0.4 is 15.0 Å². The molecule has 0 aromatic heterocycles. The summed E-state index contributed by atoms with van der Waals surface area (Å²) in [6, 6.07) is 19.4. The first-order chi connectivity index (χ1) is 14.2. The molecule has 1 fully saturated rings. The van der Waals surface area contributed by atoms with Gasteiger partial charge in [-0.1, -0.05) is 42.5 Å². The molecule has 0 saturated carbocycles. The molecule has 1 heterocycles. The summed E-state index contributed by atoms with van der Waals surface area (Å²) in [4.78, 5) is 26.1. The maximum atomic E-state index is 12.4. The zero-order valence-electron chi connectivity index (χ0n) is 16.2. The van der Waals surface area contributed by atoms with E-state index in [2.05, 4.69) is 5.32 Å². The van der Waals surface area contributed by atoms with Crippen LogP contribution in [0.25, 0.3) is 16.8 Å². The highest BCUT2D eigenvalue weighted by atomic mass is 16.5. The standard InChI is InChI=1S/C24H22N2O3/c1-29-22-16-19(12-13-21(22)26-15-5-10-24(26)28)25-23(27)14-11-18-8-4-7-17-6-2-3-9-20(17)18/h2-4,6-9,11-14,16H,5,10,15H2,1H3,(H,25,27)/b14-11+. The molecule has 5 nitrogen and oxygen atoms in total. The summed E-state index contributed by atoms with van der Waals surface area (Å²) in [6.45, 7) is 0.689. The van der Waals surface area contributed by atoms with Gasteiger partial charge in [0.05, 0.1) is 12.8 Å². The Hall–Kier alpha value is -3.60. The van der Waals surface area contributed by atoms with E-state index in [-0.39, 0.29) is 11.8 Å². The number of methoxy groups -OCH3 is 1. The molecule has 1 aliphatic heterocycles. The van der Waals surface area contributed by atoms with Crippen molar-refractivity contribution in [3.63, 3.8) is 0 Å². The maximum Gasteiger partial charge on any atom is 0.248 e. The quantitative estimate of drug-likeness (QED) is 0.651. The Labute approximate surface area is 169 Å². The van der Waals surface area contributed by atoms with Crippen LogP contribution in [0.1, 0.15) is 18.4 Å². The normalized spacial score (nSPS) is 14.0. The van der Waals surface area contributed by atoms with Crippen LogP contribution in [0.2, 0.25) is 0 Å². The summed E-state index contributed by atoms with van der Waals surface area (Å²) in [5.41, 5.74) is 2.34. The number of carbonyl (C=O) groups excluding carboxylic acids is 2. The number of rotatable bonds is 5. The number of anilines is 2. The van der Waals surface area contributed by atoms with E-state index in [1.165, 1.54) is 6.08 Å². The Morgan fingerprint density at radius 2 is 1.93 bits per heavy atom. The van der Waals surface area contributed by atoms with Gasteiger partial charge in [-0.05, 0) is 41.0 Å². The molecule has 1 N–H and O–H groups in total. The molecule has 3 aromatic rings. The highest BCUT2D eigenvalue weighted by Gasteiger charge is 2.24. The number of benzene rings is 3. The van der Waals surface area contributed by atoms with Gasteiger partial charge < -0.3 is 15.0 Å². The van der Waals surface area contributed by atoms with Gasteiger partial charge in [0.1, 0.15) is 5.75 Å². The number of amides is 2. The molecule has 0 bridgehead atoms. The lowest BCUT2D eigenvalue weighted by Crippen LogP contribution is -2.24. The van der Waals surface area contributed by atoms with Crippen LogP contribution in [0.4, 0.5) is 11.4 Å². The van der Waals surface area contributed by atoms with Gasteiger partial charge in [-0.2, -0.15) is 0 Å². The number of ether oxygens (including phenoxy) is 1. The first-order valence-corrected chi connectivity index (χ1v) is 9.61. The van der Waals surface area contributed by atoms with Crippen molar-refractivity contribution in [3.05, 3.63) is 72.3 Å². The van der Waals surface area contributed by atoms with E-state index >= 15 is 0 Å². The third kappa shape index (κ3) is 3.99. The summed E-state index contributed by atoms with van der Waals surface area (Å²) in [5, 5.41) is 5.08. The fourth-order valence-corrected chi connectivity index (χ4v) is 3.63. The average molecular weight is 386 g/mol. The van der Waals surface area contributed by atoms with Crippen molar-refractivity contribution in [1.82, 2.24) is 0 Å². The Bertz CT molecular complexity index is 1100. The van der Waals surface area contributed by atoms with E-state index < -0.39 is 0 Å². The van der Waals surface area contributed by atoms with Gasteiger partial charge >= 0.3 is 0 Å². The third-order valence-corrected chi connectivity index (χ3v) is 5.05. The van der Waals surface area contributed by atoms with Crippen molar-refractivity contribution in [1.29, 1.82) is 0 Å². The summed E-state index contributed by atoms with van der Waals surface area (Å²) < 4.78 is 5.44. The van der Waals surface area contributed by atoms with Crippen LogP contribution in [0, 0.1) is 0 Å². The van der Waals surface area contributed by atoms with Crippen molar-refractivity contribution >= 4 is 40.0 Å². The molecule has 146 valence electrons. The molecule has 1 saturated heterocycles. The van der Waals surface area contributed by atoms with Crippen molar-refractivity contribution in [2.45, 2.75) is 12.8 Å². The maximum absolute atomic E-state index is 12.4. The zero-order chi connectivity index (χ0) is 20.2. The van der Waals surface area contributed by atoms with Crippen LogP contribution in [-0.2, 0) is 9.59 Å². The lowest BCUT2D eigenvalue weighted by molar-refractivity contribution is -0.117. The highest BCUT2D eigenvalue weighted by Crippen LogP contribution is 2.33. The van der Waals surface area contributed by atoms with Gasteiger partial charge in [-0.3, -0.25) is 9.59 Å². The molecular weight excluding hydrogens is 364 g/mol. The Balaban J connectivity index is 1.51. The van der Waals surface area contributed by atoms with Crippen LogP contribution >= 0.6 is 0 Å². The Morgan fingerprint density at radius 3 is 2.72 bits per heavy atom. The van der Waals surface area contributed by atoms with Crippen molar-refractivity contribution in [2.24, 2.45) is 0 Å². The van der Waals surface area contributed by atoms with Crippen LogP contribution in [0.15, 0.2) is 66.7 Å². The van der Waals surface area contributed by atoms with E-state index in [0.29, 0.717) is 24.4 Å². The van der Waals surface area contributed by atoms with Crippen molar-refractivity contribution in [3.8, 4) is 5.75 Å². The van der Waals surface area contributed by atoms with E-state index in [4.69, 9.17) is 4.74 Å². The minimum atomic E-state index is -0.231. The first-order valence-electron chi connectivity index (χ1n) is 9.61. The van der Waals surface area contributed by atoms with E-state index in [1.807, 2.05) is 54.6 Å². The molecule has 5 heteroatoms. The third-order valence-electron chi connectivity index (χ3n) is 5.05. The van der Waals surface area contributed by atoms with E-state index in [1.54, 1.807) is 24.1 Å². The largest absolute Gasteiger partial charge is 0.494 e. The number of carbonyl (C=O) groups is 2. The van der Waals surface area contributed by atoms with Crippen molar-refractivity contribution < 1.29 is 14.3 Å². The Kier molecular flexibility index (Phi) is 5.29. The number of hydrogen-bond donors (Lipinski definition) is 1. The molecule has 29 heavy (non-hydrogen) atoms. The van der Waals surface area contributed by atoms with Crippen LogP contribution in [0.5, 0.6) is 5.75 Å². The lowest BCUT2D eigenvalue weighted by atomic mass is 10.0. The van der Waals surface area contributed by atoms with Crippen LogP contribution in [0.3, 0.4) is 0 Å². The molecule has 2 amide bonds. The molecule has 0 atom stereocenters. The predicted octanol–water partition coefficient (Wildman–Crippen LogP) is 4.63. The minimum absolute atomic E-state index is 0.0955. The summed E-state index contributed by atoms with van der Waals surface area (Å²) in [7, 11) is 1.56. The monoisotopic (exact) mass is 386 g/mol. The molecule has 4 rings (SSSR count). The van der Waals surface area contributed by atoms with Crippen LogP contribution in [-0.4, -0.2) is 25.5 Å². The van der Waals surface area contributed by atoms with E-state index in [0.717, 1.165) is 28.4 Å². The average Bonchev–Trinajstić information content (AvgIpc) is 3.17. The van der Waals surface area contributed by atoms with Gasteiger partial charge in [0, 0.05) is 30.8 Å². The molecular formula is C24H22N2O3. The smallest absolute Gasteiger partial charge is 0.248 e. The number of nitrogens with one attached hydrogen (secondary N) is 1. The summed E-state index contributed by atoms with van der Waals surface area (Å²) in [5.74, 6) is 0.430. The molecule has 0 unspecified atom stereocenters. The topological polar surface area (TPSA) is 58.6 Å². The molecule has 1 aliphatic rings. The molecule has 0 aliphatic carbocycles. The van der Waals surface area contributed by atoms with Gasteiger partial charge in [0.15, 0.2) is 0 Å².